The Labute approximate surface area is 420 Å². The van der Waals surface area contributed by atoms with Gasteiger partial charge in [-0.25, -0.2) is 19.6 Å². The molecule has 15 nitrogen and oxygen atoms in total. The summed E-state index contributed by atoms with van der Waals surface area (Å²) in [7, 11) is 1.28. The second-order valence-electron chi connectivity index (χ2n) is 20.5. The standard InChI is InChI=1S/C53H65Cl2N9O6/c1-29(2)41(58-51(67)68)49(65)62-27-9-11-39(62)47-56-43(45(54)60-47)33-17-13-31(14-18-33)37-25-26-38(64(37)36-23-21-35(22-24-36)53(5,6)7)32-15-19-34(20-16-32)44-46(55)61-48(57-44)40-12-10-28-63(40)50(66)42(30(3)4)59-52(69)70-8/h13-24,29-30,37-42,58H,9-12,25-28H2,1-8H3,(H,56,60)(H,57,61)(H,59,69)(H,67,68)/t37-,38-,39+,40+,41+,42+/m1/s1. The number of amides is 4. The number of H-pyrrole nitrogens is 2. The van der Waals surface area contributed by atoms with Crippen molar-refractivity contribution in [2.24, 2.45) is 11.8 Å². The first-order chi connectivity index (χ1) is 33.3. The highest BCUT2D eigenvalue weighted by Gasteiger charge is 2.40. The molecule has 0 saturated carbocycles. The number of methoxy groups -OCH3 is 1. The Kier molecular flexibility index (Phi) is 14.9. The van der Waals surface area contributed by atoms with Crippen molar-refractivity contribution in [1.82, 2.24) is 40.4 Å². The Morgan fingerprint density at radius 2 is 1.09 bits per heavy atom. The van der Waals surface area contributed by atoms with Crippen LogP contribution in [-0.4, -0.2) is 91.1 Å². The van der Waals surface area contributed by atoms with Crippen molar-refractivity contribution in [1.29, 1.82) is 0 Å². The van der Waals surface area contributed by atoms with Gasteiger partial charge in [0.15, 0.2) is 0 Å². The quantitative estimate of drug-likeness (QED) is 0.0764. The molecule has 0 aliphatic carbocycles. The highest BCUT2D eigenvalue weighted by Crippen LogP contribution is 2.48. The third-order valence-corrected chi connectivity index (χ3v) is 14.8. The van der Waals surface area contributed by atoms with Gasteiger partial charge in [0, 0.05) is 29.9 Å². The second kappa shape index (κ2) is 20.7. The normalized spacial score (nSPS) is 20.3. The molecule has 6 atom stereocenters. The second-order valence-corrected chi connectivity index (χ2v) is 21.3. The summed E-state index contributed by atoms with van der Waals surface area (Å²) in [5, 5.41) is 15.3. The number of alkyl carbamates (subject to hydrolysis) is 1. The molecule has 5 heterocycles. The van der Waals surface area contributed by atoms with Crippen molar-refractivity contribution < 1.29 is 29.0 Å². The van der Waals surface area contributed by atoms with E-state index in [9.17, 15) is 24.3 Å². The molecule has 0 radical (unpaired) electrons. The van der Waals surface area contributed by atoms with Gasteiger partial charge in [-0.15, -0.1) is 0 Å². The summed E-state index contributed by atoms with van der Waals surface area (Å²) < 4.78 is 4.80. The van der Waals surface area contributed by atoms with Gasteiger partial charge in [0.1, 0.15) is 45.4 Å². The molecule has 4 amide bonds. The van der Waals surface area contributed by atoms with Crippen LogP contribution in [0.25, 0.3) is 22.5 Å². The van der Waals surface area contributed by atoms with E-state index in [1.54, 1.807) is 9.80 Å². The summed E-state index contributed by atoms with van der Waals surface area (Å²) in [6.07, 6.45) is 2.91. The Morgan fingerprint density at radius 3 is 1.47 bits per heavy atom. The molecule has 5 aromatic rings. The number of carboxylic acid groups (broad SMARTS) is 1. The lowest BCUT2D eigenvalue weighted by Crippen LogP contribution is -2.51. The Morgan fingerprint density at radius 1 is 0.657 bits per heavy atom. The van der Waals surface area contributed by atoms with E-state index in [0.29, 0.717) is 59.3 Å². The number of benzene rings is 3. The van der Waals surface area contributed by atoms with Crippen molar-refractivity contribution in [3.05, 3.63) is 111 Å². The number of carbonyl (C=O) groups excluding carboxylic acids is 3. The highest BCUT2D eigenvalue weighted by atomic mass is 35.5. The SMILES string of the molecule is COC(=O)N[C@H](C(=O)N1CCC[C@H]1c1nc(-c2ccc([C@H]3CC[C@H](c4ccc(-c5nc([C@@H]6CCCN6C(=O)[C@@H](NC(=O)O)C(C)C)[nH]c5Cl)cc4)N3c3ccc(C(C)(C)C)cc3)cc2)c(Cl)[nH]1)C(C)C. The van der Waals surface area contributed by atoms with Crippen molar-refractivity contribution in [3.8, 4) is 22.5 Å². The molecule has 3 aromatic carbocycles. The molecule has 3 aliphatic rings. The van der Waals surface area contributed by atoms with Crippen LogP contribution in [0.3, 0.4) is 0 Å². The van der Waals surface area contributed by atoms with Gasteiger partial charge < -0.3 is 45.1 Å². The summed E-state index contributed by atoms with van der Waals surface area (Å²) in [6, 6.07) is 23.6. The first-order valence-electron chi connectivity index (χ1n) is 24.4. The maximum Gasteiger partial charge on any atom is 0.407 e. The van der Waals surface area contributed by atoms with E-state index in [0.717, 1.165) is 53.6 Å². The molecule has 2 aromatic heterocycles. The lowest BCUT2D eigenvalue weighted by molar-refractivity contribution is -0.136. The van der Waals surface area contributed by atoms with Crippen molar-refractivity contribution >= 4 is 52.9 Å². The monoisotopic (exact) mass is 993 g/mol. The number of anilines is 1. The Hall–Kier alpha value is -6.06. The van der Waals surface area contributed by atoms with Crippen LogP contribution >= 0.6 is 23.2 Å². The van der Waals surface area contributed by atoms with Crippen LogP contribution in [-0.2, 0) is 19.7 Å². The summed E-state index contributed by atoms with van der Waals surface area (Å²) in [4.78, 5) is 73.5. The molecule has 0 bridgehead atoms. The maximum absolute atomic E-state index is 13.8. The zero-order valence-corrected chi connectivity index (χ0v) is 42.7. The molecule has 17 heteroatoms. The summed E-state index contributed by atoms with van der Waals surface area (Å²) in [5.74, 6) is 0.363. The zero-order valence-electron chi connectivity index (χ0n) is 41.2. The average molecular weight is 995 g/mol. The van der Waals surface area contributed by atoms with Gasteiger partial charge in [-0.3, -0.25) is 9.59 Å². The molecule has 70 heavy (non-hydrogen) atoms. The van der Waals surface area contributed by atoms with E-state index in [4.69, 9.17) is 37.9 Å². The van der Waals surface area contributed by atoms with Gasteiger partial charge in [-0.1, -0.05) is 132 Å². The van der Waals surface area contributed by atoms with Crippen molar-refractivity contribution in [3.63, 3.8) is 0 Å². The molecule has 372 valence electrons. The van der Waals surface area contributed by atoms with Gasteiger partial charge in [0.05, 0.1) is 31.3 Å². The van der Waals surface area contributed by atoms with E-state index in [1.807, 2.05) is 27.7 Å². The van der Waals surface area contributed by atoms with Crippen molar-refractivity contribution in [2.45, 2.75) is 129 Å². The summed E-state index contributed by atoms with van der Waals surface area (Å²) >= 11 is 13.7. The minimum atomic E-state index is -1.23. The minimum absolute atomic E-state index is 0.00175. The number of aromatic nitrogens is 4. The van der Waals surface area contributed by atoms with Crippen LogP contribution in [0.1, 0.15) is 139 Å². The molecular weight excluding hydrogens is 930 g/mol. The van der Waals surface area contributed by atoms with Crippen LogP contribution in [0.15, 0.2) is 72.8 Å². The number of likely N-dealkylation sites (tertiary alicyclic amines) is 2. The predicted molar refractivity (Wildman–Crippen MR) is 272 cm³/mol. The summed E-state index contributed by atoms with van der Waals surface area (Å²) in [5.41, 5.74) is 7.60. The molecule has 8 rings (SSSR count). The van der Waals surface area contributed by atoms with Gasteiger partial charge in [-0.05, 0) is 84.6 Å². The average Bonchev–Trinajstić information content (AvgIpc) is 4.20. The fraction of sp³-hybridized carbons (Fsp3) is 0.472. The molecule has 3 saturated heterocycles. The molecular formula is C53H65Cl2N9O6. The fourth-order valence-corrected chi connectivity index (χ4v) is 11.0. The first-order valence-corrected chi connectivity index (χ1v) is 25.1. The van der Waals surface area contributed by atoms with Crippen LogP contribution in [0.5, 0.6) is 0 Å². The lowest BCUT2D eigenvalue weighted by atomic mass is 9.87. The number of hydrogen-bond acceptors (Lipinski definition) is 8. The lowest BCUT2D eigenvalue weighted by Gasteiger charge is -2.34. The molecule has 0 spiro atoms. The van der Waals surface area contributed by atoms with Crippen LogP contribution in [0.4, 0.5) is 15.3 Å². The van der Waals surface area contributed by atoms with E-state index < -0.39 is 24.3 Å². The van der Waals surface area contributed by atoms with Gasteiger partial charge in [-0.2, -0.15) is 0 Å². The Bertz CT molecular complexity index is 2680. The third-order valence-electron chi connectivity index (χ3n) is 14.2. The number of nitrogens with zero attached hydrogens (tertiary/aromatic N) is 5. The summed E-state index contributed by atoms with van der Waals surface area (Å²) in [6.45, 7) is 15.1. The number of halogens is 2. The molecule has 3 fully saturated rings. The number of ether oxygens (including phenoxy) is 1. The molecule has 3 aliphatic heterocycles. The number of aromatic amines is 2. The van der Waals surface area contributed by atoms with E-state index >= 15 is 0 Å². The van der Waals surface area contributed by atoms with Crippen LogP contribution < -0.4 is 15.5 Å². The number of imidazole rings is 2. The van der Waals surface area contributed by atoms with Crippen LogP contribution in [0, 0.1) is 11.8 Å². The molecule has 0 unspecified atom stereocenters. The van der Waals surface area contributed by atoms with Gasteiger partial charge >= 0.3 is 12.2 Å². The topological polar surface area (TPSA) is 189 Å². The predicted octanol–water partition coefficient (Wildman–Crippen LogP) is 11.2. The largest absolute Gasteiger partial charge is 0.465 e. The highest BCUT2D eigenvalue weighted by molar-refractivity contribution is 6.32. The van der Waals surface area contributed by atoms with Crippen LogP contribution in [0.2, 0.25) is 10.3 Å². The van der Waals surface area contributed by atoms with Gasteiger partial charge in [0.2, 0.25) is 11.8 Å². The zero-order chi connectivity index (χ0) is 50.2. The number of nitrogens with one attached hydrogen (secondary N) is 4. The van der Waals surface area contributed by atoms with E-state index in [2.05, 4.69) is 119 Å². The Balaban J connectivity index is 1.03. The minimum Gasteiger partial charge on any atom is -0.465 e. The number of rotatable bonds is 13. The smallest absolute Gasteiger partial charge is 0.407 e. The fourth-order valence-electron chi connectivity index (χ4n) is 10.5. The third kappa shape index (κ3) is 10.4. The van der Waals surface area contributed by atoms with Gasteiger partial charge in [0.25, 0.3) is 0 Å². The van der Waals surface area contributed by atoms with E-state index in [1.165, 1.54) is 12.7 Å². The maximum atomic E-state index is 13.8. The van der Waals surface area contributed by atoms with E-state index in [-0.39, 0.29) is 53.2 Å². The molecule has 5 N–H and O–H groups in total. The van der Waals surface area contributed by atoms with Crippen molar-refractivity contribution in [2.75, 3.05) is 25.1 Å². The number of hydrogen-bond donors (Lipinski definition) is 5. The number of carbonyl (C=O) groups is 4. The first kappa shape index (κ1) is 50.3.